The largest absolute Gasteiger partial charge is 0.445 e. The smallest absolute Gasteiger partial charge is 0.339 e. The Morgan fingerprint density at radius 2 is 1.50 bits per heavy atom. The zero-order valence-corrected chi connectivity index (χ0v) is 20.4. The van der Waals surface area contributed by atoms with Crippen LogP contribution in [0.3, 0.4) is 0 Å². The fraction of sp³-hybridized carbons (Fsp3) is 0.0645. The standard InChI is InChI=1S/C31H22N2O5/c1-20-11-13-21(14-12-20)28-19-26(25-9-5-6-10-27(25)32-28)31(35)38-30(29(34)22-7-3-2-4-8-22)23-15-17-24(18-16-23)33(36)37/h2-19,30H,1H3/t30-/m0/s1. The van der Waals surface area contributed by atoms with E-state index >= 15 is 0 Å². The zero-order chi connectivity index (χ0) is 26.6. The number of ketones is 1. The molecule has 5 rings (SSSR count). The Morgan fingerprint density at radius 1 is 0.842 bits per heavy atom. The lowest BCUT2D eigenvalue weighted by atomic mass is 9.99. The molecule has 0 saturated carbocycles. The van der Waals surface area contributed by atoms with Gasteiger partial charge in [-0.15, -0.1) is 0 Å². The van der Waals surface area contributed by atoms with Crippen LogP contribution < -0.4 is 0 Å². The van der Waals surface area contributed by atoms with Crippen LogP contribution >= 0.6 is 0 Å². The van der Waals surface area contributed by atoms with Crippen LogP contribution in [0.15, 0.2) is 109 Å². The predicted octanol–water partition coefficient (Wildman–Crippen LogP) is 6.90. The third-order valence-electron chi connectivity index (χ3n) is 6.21. The van der Waals surface area contributed by atoms with Crippen LogP contribution in [-0.4, -0.2) is 21.7 Å². The van der Waals surface area contributed by atoms with Crippen LogP contribution in [0.5, 0.6) is 0 Å². The maximum Gasteiger partial charge on any atom is 0.339 e. The number of rotatable bonds is 7. The second kappa shape index (κ2) is 10.4. The lowest BCUT2D eigenvalue weighted by Crippen LogP contribution is -2.20. The van der Waals surface area contributed by atoms with Crippen molar-refractivity contribution in [3.63, 3.8) is 0 Å². The van der Waals surface area contributed by atoms with Gasteiger partial charge in [0.15, 0.2) is 6.10 Å². The number of ether oxygens (including phenoxy) is 1. The number of Topliss-reactive ketones (excluding diaryl/α,β-unsaturated/α-hetero) is 1. The minimum Gasteiger partial charge on any atom is -0.445 e. The van der Waals surface area contributed by atoms with Gasteiger partial charge in [-0.3, -0.25) is 14.9 Å². The third kappa shape index (κ3) is 5.03. The topological polar surface area (TPSA) is 99.4 Å². The van der Waals surface area contributed by atoms with Gasteiger partial charge >= 0.3 is 5.97 Å². The van der Waals surface area contributed by atoms with E-state index in [1.54, 1.807) is 48.5 Å². The predicted molar refractivity (Wildman–Crippen MR) is 144 cm³/mol. The second-order valence-corrected chi connectivity index (χ2v) is 8.80. The maximum absolute atomic E-state index is 13.7. The minimum atomic E-state index is -1.31. The van der Waals surface area contributed by atoms with Crippen molar-refractivity contribution in [2.45, 2.75) is 13.0 Å². The molecule has 0 fully saturated rings. The third-order valence-corrected chi connectivity index (χ3v) is 6.21. The van der Waals surface area contributed by atoms with E-state index in [0.29, 0.717) is 27.7 Å². The summed E-state index contributed by atoms with van der Waals surface area (Å²) >= 11 is 0. The van der Waals surface area contributed by atoms with E-state index in [0.717, 1.165) is 11.1 Å². The highest BCUT2D eigenvalue weighted by atomic mass is 16.6. The zero-order valence-electron chi connectivity index (χ0n) is 20.4. The highest BCUT2D eigenvalue weighted by Gasteiger charge is 2.28. The number of benzene rings is 4. The van der Waals surface area contributed by atoms with E-state index in [4.69, 9.17) is 9.72 Å². The van der Waals surface area contributed by atoms with E-state index in [2.05, 4.69) is 0 Å². The first-order valence-corrected chi connectivity index (χ1v) is 11.9. The number of esters is 1. The number of carbonyl (C=O) groups is 2. The number of non-ortho nitro benzene ring substituents is 1. The molecule has 0 saturated heterocycles. The molecule has 4 aromatic carbocycles. The van der Waals surface area contributed by atoms with Crippen LogP contribution in [0.2, 0.25) is 0 Å². The SMILES string of the molecule is Cc1ccc(-c2cc(C(=O)O[C@H](C(=O)c3ccccc3)c3ccc([N+](=O)[O-])cc3)c3ccccc3n2)cc1. The number of carbonyl (C=O) groups excluding carboxylic acids is 2. The highest BCUT2D eigenvalue weighted by Crippen LogP contribution is 2.30. The van der Waals surface area contributed by atoms with Gasteiger partial charge in [-0.2, -0.15) is 0 Å². The number of para-hydroxylation sites is 1. The number of pyridine rings is 1. The van der Waals surface area contributed by atoms with Crippen molar-refractivity contribution < 1.29 is 19.2 Å². The molecular weight excluding hydrogens is 480 g/mol. The monoisotopic (exact) mass is 502 g/mol. The molecule has 0 N–H and O–H groups in total. The maximum atomic E-state index is 13.7. The average Bonchev–Trinajstić information content (AvgIpc) is 2.95. The molecular formula is C31H22N2O5. The van der Waals surface area contributed by atoms with Crippen molar-refractivity contribution in [3.05, 3.63) is 142 Å². The molecule has 1 atom stereocenters. The van der Waals surface area contributed by atoms with Gasteiger partial charge in [0.2, 0.25) is 5.78 Å². The van der Waals surface area contributed by atoms with Gasteiger partial charge in [-0.1, -0.05) is 78.4 Å². The van der Waals surface area contributed by atoms with E-state index < -0.39 is 22.8 Å². The summed E-state index contributed by atoms with van der Waals surface area (Å²) in [4.78, 5) is 42.5. The van der Waals surface area contributed by atoms with Crippen LogP contribution in [0.1, 0.15) is 37.9 Å². The number of hydrogen-bond donors (Lipinski definition) is 0. The first kappa shape index (κ1) is 24.5. The second-order valence-electron chi connectivity index (χ2n) is 8.80. The van der Waals surface area contributed by atoms with Crippen molar-refractivity contribution in [1.82, 2.24) is 4.98 Å². The quantitative estimate of drug-likeness (QED) is 0.104. The highest BCUT2D eigenvalue weighted by molar-refractivity contribution is 6.07. The molecule has 0 aliphatic heterocycles. The number of nitro benzene ring substituents is 1. The molecule has 7 nitrogen and oxygen atoms in total. The van der Waals surface area contributed by atoms with E-state index in [-0.39, 0.29) is 11.3 Å². The molecule has 0 amide bonds. The fourth-order valence-electron chi connectivity index (χ4n) is 4.18. The van der Waals surface area contributed by atoms with Crippen LogP contribution in [0.25, 0.3) is 22.2 Å². The summed E-state index contributed by atoms with van der Waals surface area (Å²) in [5, 5.41) is 11.7. The van der Waals surface area contributed by atoms with Gasteiger partial charge in [-0.05, 0) is 31.2 Å². The molecule has 1 heterocycles. The lowest BCUT2D eigenvalue weighted by Gasteiger charge is -2.18. The summed E-state index contributed by atoms with van der Waals surface area (Å²) in [5.41, 5.74) is 3.95. The lowest BCUT2D eigenvalue weighted by molar-refractivity contribution is -0.384. The molecule has 0 aliphatic rings. The Labute approximate surface area is 218 Å². The molecule has 0 bridgehead atoms. The fourth-order valence-corrected chi connectivity index (χ4v) is 4.18. The van der Waals surface area contributed by atoms with Crippen molar-refractivity contribution in [2.24, 2.45) is 0 Å². The van der Waals surface area contributed by atoms with Crippen molar-refractivity contribution in [3.8, 4) is 11.3 Å². The molecule has 186 valence electrons. The van der Waals surface area contributed by atoms with Crippen molar-refractivity contribution >= 4 is 28.3 Å². The van der Waals surface area contributed by atoms with Crippen LogP contribution in [0.4, 0.5) is 5.69 Å². The first-order chi connectivity index (χ1) is 18.4. The molecule has 7 heteroatoms. The van der Waals surface area contributed by atoms with Gasteiger partial charge < -0.3 is 4.74 Å². The Balaban J connectivity index is 1.57. The van der Waals surface area contributed by atoms with Gasteiger partial charge in [0.05, 0.1) is 21.7 Å². The number of aryl methyl sites for hydroxylation is 1. The summed E-state index contributed by atoms with van der Waals surface area (Å²) in [6, 6.07) is 30.6. The van der Waals surface area contributed by atoms with Crippen molar-refractivity contribution in [2.75, 3.05) is 0 Å². The molecule has 1 aromatic heterocycles. The summed E-state index contributed by atoms with van der Waals surface area (Å²) in [6.45, 7) is 1.99. The first-order valence-electron chi connectivity index (χ1n) is 11.9. The van der Waals surface area contributed by atoms with E-state index in [1.807, 2.05) is 43.3 Å². The normalized spacial score (nSPS) is 11.6. The number of hydrogen-bond acceptors (Lipinski definition) is 6. The molecule has 0 aliphatic carbocycles. The molecule has 0 unspecified atom stereocenters. The van der Waals surface area contributed by atoms with Gasteiger partial charge in [-0.25, -0.2) is 9.78 Å². The molecule has 38 heavy (non-hydrogen) atoms. The minimum absolute atomic E-state index is 0.131. The number of fused-ring (bicyclic) bond motifs is 1. The van der Waals surface area contributed by atoms with Gasteiger partial charge in [0.1, 0.15) is 0 Å². The number of aromatic nitrogens is 1. The number of nitro groups is 1. The van der Waals surface area contributed by atoms with Gasteiger partial charge in [0.25, 0.3) is 5.69 Å². The Morgan fingerprint density at radius 3 is 2.18 bits per heavy atom. The summed E-state index contributed by atoms with van der Waals surface area (Å²) < 4.78 is 5.87. The van der Waals surface area contributed by atoms with E-state index in [1.165, 1.54) is 24.3 Å². The van der Waals surface area contributed by atoms with E-state index in [9.17, 15) is 19.7 Å². The van der Waals surface area contributed by atoms with Gasteiger partial charge in [0, 0.05) is 34.2 Å². The Kier molecular flexibility index (Phi) is 6.74. The Hall–Kier alpha value is -5.17. The van der Waals surface area contributed by atoms with Crippen LogP contribution in [0, 0.1) is 17.0 Å². The number of nitrogens with zero attached hydrogens (tertiary/aromatic N) is 2. The molecule has 5 aromatic rings. The Bertz CT molecular complexity index is 1650. The molecule has 0 radical (unpaired) electrons. The average molecular weight is 503 g/mol. The summed E-state index contributed by atoms with van der Waals surface area (Å²) in [6.07, 6.45) is -1.31. The van der Waals surface area contributed by atoms with Crippen LogP contribution in [-0.2, 0) is 4.74 Å². The summed E-state index contributed by atoms with van der Waals surface area (Å²) in [5.74, 6) is -1.14. The molecule has 0 spiro atoms. The summed E-state index contributed by atoms with van der Waals surface area (Å²) in [7, 11) is 0. The van der Waals surface area contributed by atoms with Crippen molar-refractivity contribution in [1.29, 1.82) is 0 Å².